The van der Waals surface area contributed by atoms with Gasteiger partial charge in [-0.25, -0.2) is 13.8 Å². The van der Waals surface area contributed by atoms with E-state index in [2.05, 4.69) is 41.4 Å². The van der Waals surface area contributed by atoms with Crippen molar-refractivity contribution in [3.63, 3.8) is 0 Å². The summed E-state index contributed by atoms with van der Waals surface area (Å²) in [6.07, 6.45) is 7.94. The molecule has 3 aromatic carbocycles. The zero-order valence-electron chi connectivity index (χ0n) is 20.4. The first-order valence-corrected chi connectivity index (χ1v) is 12.6. The Balaban J connectivity index is 0.00000320. The van der Waals surface area contributed by atoms with Crippen molar-refractivity contribution in [3.8, 4) is 0 Å². The van der Waals surface area contributed by atoms with Crippen LogP contribution in [0.2, 0.25) is 0 Å². The number of carbonyl (C=O) groups is 1. The predicted octanol–water partition coefficient (Wildman–Crippen LogP) is 3.38. The topological polar surface area (TPSA) is 53.0 Å². The smallest absolute Gasteiger partial charge is 0.550 e. The fourth-order valence-corrected chi connectivity index (χ4v) is 5.62. The first-order chi connectivity index (χ1) is 17.4. The summed E-state index contributed by atoms with van der Waals surface area (Å²) in [7, 11) is 0. The van der Waals surface area contributed by atoms with E-state index in [1.54, 1.807) is 30.8 Å². The maximum Gasteiger partial charge on any atom is 1.00 e. The third kappa shape index (κ3) is 6.04. The van der Waals surface area contributed by atoms with E-state index in [1.165, 1.54) is 0 Å². The summed E-state index contributed by atoms with van der Waals surface area (Å²) in [4.78, 5) is 15.8. The number of fused-ring (bicyclic) bond motifs is 3. The maximum absolute atomic E-state index is 13.6. The minimum atomic E-state index is -1.05. The largest absolute Gasteiger partial charge is 1.00 e. The van der Waals surface area contributed by atoms with Crippen LogP contribution in [0.3, 0.4) is 0 Å². The maximum atomic E-state index is 13.6. The number of aromatic nitrogens is 1. The molecule has 0 saturated heterocycles. The molecule has 4 aromatic rings. The molecule has 0 N–H and O–H groups in total. The number of thioether (sulfide) groups is 1. The Morgan fingerprint density at radius 3 is 2.49 bits per heavy atom. The molecule has 1 aromatic heterocycles. The Kier molecular flexibility index (Phi) is 8.65. The molecule has 5 rings (SSSR count). The summed E-state index contributed by atoms with van der Waals surface area (Å²) in [5.74, 6) is -3.01. The minimum Gasteiger partial charge on any atom is -0.550 e. The van der Waals surface area contributed by atoms with Crippen molar-refractivity contribution < 1.29 is 48.2 Å². The van der Waals surface area contributed by atoms with Crippen LogP contribution in [0, 0.1) is 17.6 Å². The zero-order valence-corrected chi connectivity index (χ0v) is 23.3. The van der Waals surface area contributed by atoms with Gasteiger partial charge in [-0.05, 0) is 52.1 Å². The third-order valence-corrected chi connectivity index (χ3v) is 7.76. The molecule has 1 aliphatic rings. The molecule has 7 heteroatoms. The van der Waals surface area contributed by atoms with E-state index in [1.807, 2.05) is 30.4 Å². The fourth-order valence-electron chi connectivity index (χ4n) is 4.22. The number of rotatable bonds is 6. The standard InChI is InChI=1S/C30H23F2NO2S.Na/c1-18(30(34)35)17-36-29-24-5-3-2-4-20(24)9-10-21-8-6-19(14-25(21)29)7-12-23-13-11-22-15-26(31)27(32)16-28(22)33-23;/h2-16,18,29H,17H2,1H3,(H,34,35);/q;+1/p-1/b12-7+;. The molecular formula is C30H22F2NNaO2S. The Morgan fingerprint density at radius 1 is 0.973 bits per heavy atom. The van der Waals surface area contributed by atoms with E-state index in [4.69, 9.17) is 0 Å². The summed E-state index contributed by atoms with van der Waals surface area (Å²) in [5, 5.41) is 11.8. The van der Waals surface area contributed by atoms with Crippen LogP contribution in [0.25, 0.3) is 35.2 Å². The normalized spacial score (nSPS) is 15.1. The van der Waals surface area contributed by atoms with Gasteiger partial charge in [0, 0.05) is 29.1 Å². The van der Waals surface area contributed by atoms with Gasteiger partial charge in [-0.15, -0.1) is 11.8 Å². The molecule has 180 valence electrons. The Hall–Kier alpha value is -2.77. The van der Waals surface area contributed by atoms with Crippen molar-refractivity contribution >= 4 is 52.9 Å². The molecule has 2 atom stereocenters. The molecule has 0 amide bonds. The minimum absolute atomic E-state index is 0. The van der Waals surface area contributed by atoms with Crippen molar-refractivity contribution in [1.82, 2.24) is 4.98 Å². The van der Waals surface area contributed by atoms with E-state index in [0.717, 1.165) is 39.9 Å². The molecule has 0 spiro atoms. The van der Waals surface area contributed by atoms with Crippen LogP contribution < -0.4 is 34.7 Å². The van der Waals surface area contributed by atoms with E-state index >= 15 is 0 Å². The van der Waals surface area contributed by atoms with Gasteiger partial charge in [0.2, 0.25) is 0 Å². The number of nitrogens with zero attached hydrogens (tertiary/aromatic N) is 1. The van der Waals surface area contributed by atoms with E-state index < -0.39 is 23.5 Å². The average molecular weight is 522 g/mol. The first-order valence-electron chi connectivity index (χ1n) is 11.6. The Bertz CT molecular complexity index is 1540. The molecule has 0 fully saturated rings. The van der Waals surface area contributed by atoms with Crippen LogP contribution in [-0.4, -0.2) is 16.7 Å². The van der Waals surface area contributed by atoms with Crippen LogP contribution in [0.4, 0.5) is 8.78 Å². The first kappa shape index (κ1) is 27.3. The zero-order chi connectivity index (χ0) is 25.2. The van der Waals surface area contributed by atoms with Crippen LogP contribution in [-0.2, 0) is 4.79 Å². The number of hydrogen-bond donors (Lipinski definition) is 0. The van der Waals surface area contributed by atoms with Gasteiger partial charge < -0.3 is 9.90 Å². The molecule has 1 heterocycles. The number of carboxylic acid groups (broad SMARTS) is 1. The molecule has 1 aliphatic carbocycles. The van der Waals surface area contributed by atoms with Crippen LogP contribution >= 0.6 is 11.8 Å². The number of aliphatic carboxylic acids is 1. The number of hydrogen-bond acceptors (Lipinski definition) is 4. The summed E-state index contributed by atoms with van der Waals surface area (Å²) in [5.41, 5.74) is 6.37. The van der Waals surface area contributed by atoms with Gasteiger partial charge >= 0.3 is 29.6 Å². The van der Waals surface area contributed by atoms with Crippen LogP contribution in [0.15, 0.2) is 66.7 Å². The van der Waals surface area contributed by atoms with Crippen molar-refractivity contribution in [2.75, 3.05) is 5.75 Å². The molecule has 0 radical (unpaired) electrons. The third-order valence-electron chi connectivity index (χ3n) is 6.23. The SMILES string of the molecule is CC(CSC1c2ccccc2C=Cc2ccc(/C=C/c3ccc4cc(F)c(F)cc4n3)cc21)C(=O)[O-].[Na+]. The second-order valence-electron chi connectivity index (χ2n) is 8.81. The summed E-state index contributed by atoms with van der Waals surface area (Å²) in [6.45, 7) is 1.67. The average Bonchev–Trinajstić information content (AvgIpc) is 3.03. The van der Waals surface area contributed by atoms with E-state index in [9.17, 15) is 18.7 Å². The number of benzene rings is 3. The van der Waals surface area contributed by atoms with E-state index in [0.29, 0.717) is 22.3 Å². The van der Waals surface area contributed by atoms with Gasteiger partial charge in [0.25, 0.3) is 0 Å². The molecule has 0 aliphatic heterocycles. The summed E-state index contributed by atoms with van der Waals surface area (Å²) in [6, 6.07) is 20.0. The number of pyridine rings is 1. The molecule has 0 saturated carbocycles. The summed E-state index contributed by atoms with van der Waals surface area (Å²) >= 11 is 1.60. The van der Waals surface area contributed by atoms with Gasteiger partial charge in [-0.3, -0.25) is 0 Å². The number of carbonyl (C=O) groups excluding carboxylic acids is 1. The predicted molar refractivity (Wildman–Crippen MR) is 141 cm³/mol. The van der Waals surface area contributed by atoms with Gasteiger partial charge in [0.15, 0.2) is 11.6 Å². The van der Waals surface area contributed by atoms with Crippen molar-refractivity contribution in [3.05, 3.63) is 112 Å². The number of carboxylic acids is 1. The number of halogens is 2. The van der Waals surface area contributed by atoms with Gasteiger partial charge in [-0.2, -0.15) is 0 Å². The second-order valence-corrected chi connectivity index (χ2v) is 9.95. The van der Waals surface area contributed by atoms with Gasteiger partial charge in [-0.1, -0.05) is 67.6 Å². The van der Waals surface area contributed by atoms with Gasteiger partial charge in [0.1, 0.15) is 0 Å². The molecule has 0 bridgehead atoms. The molecular weight excluding hydrogens is 499 g/mol. The fraction of sp³-hybridized carbons (Fsp3) is 0.133. The van der Waals surface area contributed by atoms with Crippen LogP contribution in [0.1, 0.15) is 45.7 Å². The second kappa shape index (κ2) is 11.7. The van der Waals surface area contributed by atoms with Gasteiger partial charge in [0.05, 0.1) is 16.5 Å². The van der Waals surface area contributed by atoms with Crippen molar-refractivity contribution in [2.45, 2.75) is 12.2 Å². The Labute approximate surface area is 240 Å². The quantitative estimate of drug-likeness (QED) is 0.365. The van der Waals surface area contributed by atoms with Crippen LogP contribution in [0.5, 0.6) is 0 Å². The molecule has 2 unspecified atom stereocenters. The summed E-state index contributed by atoms with van der Waals surface area (Å²) < 4.78 is 27.1. The molecule has 3 nitrogen and oxygen atoms in total. The van der Waals surface area contributed by atoms with E-state index in [-0.39, 0.29) is 34.8 Å². The van der Waals surface area contributed by atoms with Crippen molar-refractivity contribution in [1.29, 1.82) is 0 Å². The molecule has 37 heavy (non-hydrogen) atoms. The van der Waals surface area contributed by atoms with Crippen molar-refractivity contribution in [2.24, 2.45) is 5.92 Å². The monoisotopic (exact) mass is 521 g/mol. The Morgan fingerprint density at radius 2 is 1.70 bits per heavy atom.